The van der Waals surface area contributed by atoms with E-state index in [0.29, 0.717) is 12.3 Å². The lowest BCUT2D eigenvalue weighted by Gasteiger charge is -2.04. The highest BCUT2D eigenvalue weighted by molar-refractivity contribution is 5.92. The Morgan fingerprint density at radius 1 is 1.09 bits per heavy atom. The number of furan rings is 1. The summed E-state index contributed by atoms with van der Waals surface area (Å²) in [5.41, 5.74) is 0.736. The van der Waals surface area contributed by atoms with Crippen LogP contribution in [0.5, 0.6) is 0 Å². The normalized spacial score (nSPS) is 10.1. The fourth-order valence-electron chi connectivity index (χ4n) is 1.88. The van der Waals surface area contributed by atoms with Gasteiger partial charge < -0.3 is 15.1 Å². The van der Waals surface area contributed by atoms with Gasteiger partial charge in [0.1, 0.15) is 11.6 Å². The van der Waals surface area contributed by atoms with E-state index in [1.807, 2.05) is 0 Å². The van der Waals surface area contributed by atoms with E-state index in [4.69, 9.17) is 4.42 Å². The zero-order valence-corrected chi connectivity index (χ0v) is 13.2. The molecule has 0 unspecified atom stereocenters. The first-order chi connectivity index (χ1) is 10.2. The highest BCUT2D eigenvalue weighted by atomic mass is 35.5. The van der Waals surface area contributed by atoms with Crippen molar-refractivity contribution in [3.63, 3.8) is 0 Å². The van der Waals surface area contributed by atoms with E-state index < -0.39 is 0 Å². The molecule has 2 rings (SSSR count). The third kappa shape index (κ3) is 5.16. The molecule has 0 bridgehead atoms. The monoisotopic (exact) mass is 326 g/mol. The third-order valence-electron chi connectivity index (χ3n) is 2.97. The van der Waals surface area contributed by atoms with Crippen molar-refractivity contribution < 1.29 is 13.6 Å². The van der Waals surface area contributed by atoms with Gasteiger partial charge in [-0.25, -0.2) is 4.39 Å². The van der Waals surface area contributed by atoms with E-state index in [0.717, 1.165) is 25.1 Å². The van der Waals surface area contributed by atoms with Crippen molar-refractivity contribution >= 4 is 18.3 Å². The molecule has 0 fully saturated rings. The summed E-state index contributed by atoms with van der Waals surface area (Å²) in [4.78, 5) is 11.9. The van der Waals surface area contributed by atoms with Crippen LogP contribution in [0.25, 0.3) is 11.3 Å². The lowest BCUT2D eigenvalue weighted by Crippen LogP contribution is -2.31. The fraction of sp³-hybridized carbons (Fsp3) is 0.312. The number of rotatable bonds is 7. The molecule has 0 saturated heterocycles. The Balaban J connectivity index is 0.00000242. The lowest BCUT2D eigenvalue weighted by atomic mass is 10.2. The van der Waals surface area contributed by atoms with Crippen LogP contribution in [0.2, 0.25) is 0 Å². The minimum Gasteiger partial charge on any atom is -0.451 e. The Morgan fingerprint density at radius 3 is 2.50 bits per heavy atom. The van der Waals surface area contributed by atoms with Crippen molar-refractivity contribution in [3.05, 3.63) is 48.0 Å². The zero-order valence-electron chi connectivity index (χ0n) is 12.4. The highest BCUT2D eigenvalue weighted by Crippen LogP contribution is 2.22. The number of carbonyl (C=O) groups excluding carboxylic acids is 1. The van der Waals surface area contributed by atoms with Crippen LogP contribution >= 0.6 is 12.4 Å². The van der Waals surface area contributed by atoms with Gasteiger partial charge in [0, 0.05) is 18.7 Å². The fourth-order valence-corrected chi connectivity index (χ4v) is 1.88. The molecule has 0 aliphatic carbocycles. The summed E-state index contributed by atoms with van der Waals surface area (Å²) in [6.07, 6.45) is 1.06. The summed E-state index contributed by atoms with van der Waals surface area (Å²) < 4.78 is 18.4. The van der Waals surface area contributed by atoms with Crippen LogP contribution in [0.4, 0.5) is 4.39 Å². The van der Waals surface area contributed by atoms with Crippen molar-refractivity contribution in [1.82, 2.24) is 10.6 Å². The molecule has 0 radical (unpaired) electrons. The molecule has 22 heavy (non-hydrogen) atoms. The SMILES string of the molecule is CCCNCCNC(=O)c1ccc(-c2ccc(F)cc2)o1.Cl. The van der Waals surface area contributed by atoms with Crippen molar-refractivity contribution in [2.75, 3.05) is 19.6 Å². The maximum atomic E-state index is 12.9. The molecule has 1 aromatic carbocycles. The molecule has 0 saturated carbocycles. The zero-order chi connectivity index (χ0) is 15.1. The number of hydrogen-bond donors (Lipinski definition) is 2. The molecule has 4 nitrogen and oxygen atoms in total. The number of amides is 1. The highest BCUT2D eigenvalue weighted by Gasteiger charge is 2.11. The van der Waals surface area contributed by atoms with E-state index in [2.05, 4.69) is 17.6 Å². The molecule has 6 heteroatoms. The van der Waals surface area contributed by atoms with Crippen molar-refractivity contribution in [3.8, 4) is 11.3 Å². The number of halogens is 2. The Morgan fingerprint density at radius 2 is 1.82 bits per heavy atom. The molecule has 120 valence electrons. The van der Waals surface area contributed by atoms with Crippen LogP contribution in [0.1, 0.15) is 23.9 Å². The van der Waals surface area contributed by atoms with Crippen molar-refractivity contribution in [2.45, 2.75) is 13.3 Å². The Kier molecular flexibility index (Phi) is 7.63. The van der Waals surface area contributed by atoms with Crippen molar-refractivity contribution in [2.24, 2.45) is 0 Å². The van der Waals surface area contributed by atoms with Gasteiger partial charge in [0.2, 0.25) is 0 Å². The largest absolute Gasteiger partial charge is 0.451 e. The molecule has 0 aliphatic rings. The standard InChI is InChI=1S/C16H19FN2O2.ClH/c1-2-9-18-10-11-19-16(20)15-8-7-14(21-15)12-3-5-13(17)6-4-12;/h3-8,18H,2,9-11H2,1H3,(H,19,20);1H. The van der Waals surface area contributed by atoms with Crippen molar-refractivity contribution in [1.29, 1.82) is 0 Å². The first-order valence-corrected chi connectivity index (χ1v) is 7.05. The van der Waals surface area contributed by atoms with Crippen LogP contribution in [0.15, 0.2) is 40.8 Å². The van der Waals surface area contributed by atoms with E-state index in [9.17, 15) is 9.18 Å². The molecule has 0 atom stereocenters. The van der Waals surface area contributed by atoms with Crippen LogP contribution in [0, 0.1) is 5.82 Å². The molecular weight excluding hydrogens is 307 g/mol. The van der Waals surface area contributed by atoms with Crippen LogP contribution < -0.4 is 10.6 Å². The summed E-state index contributed by atoms with van der Waals surface area (Å²) in [5.74, 6) is 0.249. The average Bonchev–Trinajstić information content (AvgIpc) is 2.97. The number of benzene rings is 1. The van der Waals surface area contributed by atoms with Gasteiger partial charge in [0.25, 0.3) is 5.91 Å². The van der Waals surface area contributed by atoms with Gasteiger partial charge in [0.15, 0.2) is 5.76 Å². The second-order valence-corrected chi connectivity index (χ2v) is 4.68. The molecule has 0 aliphatic heterocycles. The van der Waals surface area contributed by atoms with E-state index in [-0.39, 0.29) is 29.9 Å². The summed E-state index contributed by atoms with van der Waals surface area (Å²) in [7, 11) is 0. The molecular formula is C16H20ClFN2O2. The number of nitrogens with one attached hydrogen (secondary N) is 2. The lowest BCUT2D eigenvalue weighted by molar-refractivity contribution is 0.0927. The quantitative estimate of drug-likeness (QED) is 0.768. The van der Waals surface area contributed by atoms with E-state index in [1.54, 1.807) is 24.3 Å². The number of carbonyl (C=O) groups is 1. The molecule has 0 spiro atoms. The van der Waals surface area contributed by atoms with Gasteiger partial charge in [-0.2, -0.15) is 0 Å². The predicted molar refractivity (Wildman–Crippen MR) is 86.8 cm³/mol. The van der Waals surface area contributed by atoms with Gasteiger partial charge in [-0.15, -0.1) is 12.4 Å². The van der Waals surface area contributed by atoms with E-state index >= 15 is 0 Å². The first kappa shape index (κ1) is 18.2. The van der Waals surface area contributed by atoms with Gasteiger partial charge in [-0.3, -0.25) is 4.79 Å². The Bertz CT molecular complexity index is 584. The van der Waals surface area contributed by atoms with Gasteiger partial charge >= 0.3 is 0 Å². The third-order valence-corrected chi connectivity index (χ3v) is 2.97. The summed E-state index contributed by atoms with van der Waals surface area (Å²) in [6, 6.07) is 9.27. The maximum absolute atomic E-state index is 12.9. The maximum Gasteiger partial charge on any atom is 0.287 e. The second kappa shape index (κ2) is 9.23. The smallest absolute Gasteiger partial charge is 0.287 e. The summed E-state index contributed by atoms with van der Waals surface area (Å²) >= 11 is 0. The average molecular weight is 327 g/mol. The first-order valence-electron chi connectivity index (χ1n) is 7.05. The van der Waals surface area contributed by atoms with Crippen LogP contribution in [0.3, 0.4) is 0 Å². The van der Waals surface area contributed by atoms with Gasteiger partial charge in [-0.05, 0) is 49.4 Å². The molecule has 2 aromatic rings. The minimum absolute atomic E-state index is 0. The Hall–Kier alpha value is -1.85. The molecule has 2 N–H and O–H groups in total. The minimum atomic E-state index is -0.303. The van der Waals surface area contributed by atoms with E-state index in [1.165, 1.54) is 12.1 Å². The van der Waals surface area contributed by atoms with Crippen LogP contribution in [-0.2, 0) is 0 Å². The molecule has 1 aromatic heterocycles. The molecule has 1 heterocycles. The summed E-state index contributed by atoms with van der Waals surface area (Å²) in [5, 5.41) is 5.97. The topological polar surface area (TPSA) is 54.3 Å². The van der Waals surface area contributed by atoms with Gasteiger partial charge in [-0.1, -0.05) is 6.92 Å². The number of hydrogen-bond acceptors (Lipinski definition) is 3. The van der Waals surface area contributed by atoms with Gasteiger partial charge in [0.05, 0.1) is 0 Å². The second-order valence-electron chi connectivity index (χ2n) is 4.68. The summed E-state index contributed by atoms with van der Waals surface area (Å²) in [6.45, 7) is 4.30. The Labute approximate surface area is 135 Å². The molecule has 1 amide bonds. The van der Waals surface area contributed by atoms with Crippen LogP contribution in [-0.4, -0.2) is 25.5 Å². The predicted octanol–water partition coefficient (Wildman–Crippen LogP) is 3.24.